The molecule has 0 aliphatic carbocycles. The van der Waals surface area contributed by atoms with E-state index >= 15 is 0 Å². The monoisotopic (exact) mass is 143 g/mol. The van der Waals surface area contributed by atoms with Gasteiger partial charge in [0.2, 0.25) is 5.91 Å². The lowest BCUT2D eigenvalue weighted by molar-refractivity contribution is -0.120. The van der Waals surface area contributed by atoms with Gasteiger partial charge in [0.15, 0.2) is 0 Å². The summed E-state index contributed by atoms with van der Waals surface area (Å²) in [5, 5.41) is 2.70. The van der Waals surface area contributed by atoms with Crippen LogP contribution >= 0.6 is 0 Å². The molecule has 10 heavy (non-hydrogen) atoms. The van der Waals surface area contributed by atoms with Gasteiger partial charge in [-0.25, -0.2) is 0 Å². The van der Waals surface area contributed by atoms with Gasteiger partial charge in [-0.05, 0) is 13.3 Å². The van der Waals surface area contributed by atoms with Crippen LogP contribution in [0.1, 0.15) is 26.7 Å². The molecule has 0 aliphatic rings. The van der Waals surface area contributed by atoms with Crippen molar-refractivity contribution in [2.75, 3.05) is 6.54 Å². The van der Waals surface area contributed by atoms with Crippen molar-refractivity contribution in [1.29, 1.82) is 0 Å². The molecule has 0 aromatic rings. The van der Waals surface area contributed by atoms with Crippen molar-refractivity contribution in [1.82, 2.24) is 11.1 Å². The Morgan fingerprint density at radius 1 is 1.70 bits per heavy atom. The number of nitrogens with one attached hydrogen (secondary N) is 2. The van der Waals surface area contributed by atoms with E-state index in [0.29, 0.717) is 13.0 Å². The van der Waals surface area contributed by atoms with Gasteiger partial charge >= 0.3 is 0 Å². The first-order valence-corrected chi connectivity index (χ1v) is 3.64. The topological polar surface area (TPSA) is 52.9 Å². The van der Waals surface area contributed by atoms with Crippen LogP contribution < -0.4 is 11.1 Å². The number of rotatable bonds is 4. The van der Waals surface area contributed by atoms with E-state index in [4.69, 9.17) is 5.73 Å². The van der Waals surface area contributed by atoms with Gasteiger partial charge in [-0.2, -0.15) is 0 Å². The van der Waals surface area contributed by atoms with Crippen molar-refractivity contribution < 1.29 is 4.79 Å². The van der Waals surface area contributed by atoms with Crippen molar-refractivity contribution >= 4 is 5.91 Å². The zero-order valence-corrected chi connectivity index (χ0v) is 6.61. The second-order valence-electron chi connectivity index (χ2n) is 2.39. The van der Waals surface area contributed by atoms with Crippen LogP contribution in [0.4, 0.5) is 0 Å². The van der Waals surface area contributed by atoms with Crippen molar-refractivity contribution in [3.8, 4) is 0 Å². The Morgan fingerprint density at radius 2 is 2.30 bits per heavy atom. The second-order valence-corrected chi connectivity index (χ2v) is 2.39. The van der Waals surface area contributed by atoms with Crippen LogP contribution in [0.2, 0.25) is 0 Å². The van der Waals surface area contributed by atoms with Crippen LogP contribution in [0.25, 0.3) is 0 Å². The average Bonchev–Trinajstić information content (AvgIpc) is 1.87. The number of amides is 1. The van der Waals surface area contributed by atoms with Crippen molar-refractivity contribution in [2.24, 2.45) is 0 Å². The van der Waals surface area contributed by atoms with E-state index in [2.05, 4.69) is 5.32 Å². The molecule has 0 heterocycles. The van der Waals surface area contributed by atoms with E-state index in [0.717, 1.165) is 6.42 Å². The summed E-state index contributed by atoms with van der Waals surface area (Å²) in [6.45, 7) is 4.27. The first-order valence-electron chi connectivity index (χ1n) is 3.64. The summed E-state index contributed by atoms with van der Waals surface area (Å²) < 4.78 is 0. The molecule has 1 amide bonds. The molecule has 0 aliphatic heterocycles. The summed E-state index contributed by atoms with van der Waals surface area (Å²) in [5.41, 5.74) is 7.13. The summed E-state index contributed by atoms with van der Waals surface area (Å²) in [5.74, 6) is 0.0700. The van der Waals surface area contributed by atoms with Gasteiger partial charge < -0.3 is 5.32 Å². The molecule has 0 aromatic heterocycles. The molecule has 1 atom stereocenters. The summed E-state index contributed by atoms with van der Waals surface area (Å²) >= 11 is 0. The molecule has 0 saturated heterocycles. The average molecular weight is 143 g/mol. The minimum absolute atomic E-state index is 0.0700. The van der Waals surface area contributed by atoms with Crippen LogP contribution in [-0.4, -0.2) is 18.5 Å². The second kappa shape index (κ2) is 5.23. The minimum Gasteiger partial charge on any atom is -0.356 e. The highest BCUT2D eigenvalue weighted by Gasteiger charge is 1.97. The minimum atomic E-state index is -0.0721. The first kappa shape index (κ1) is 9.43. The molecule has 0 bridgehead atoms. The maximum atomic E-state index is 10.6. The highest BCUT2D eigenvalue weighted by atomic mass is 16.1. The van der Waals surface area contributed by atoms with E-state index in [1.165, 1.54) is 0 Å². The molecule has 3 heteroatoms. The lowest BCUT2D eigenvalue weighted by Crippen LogP contribution is -2.25. The molecule has 0 fully saturated rings. The van der Waals surface area contributed by atoms with E-state index in [1.807, 2.05) is 13.8 Å². The smallest absolute Gasteiger partial charge is 0.219 e. The van der Waals surface area contributed by atoms with Gasteiger partial charge in [-0.15, -0.1) is 0 Å². The van der Waals surface area contributed by atoms with Crippen LogP contribution in [0.3, 0.4) is 0 Å². The van der Waals surface area contributed by atoms with Gasteiger partial charge in [-0.3, -0.25) is 10.5 Å². The summed E-state index contributed by atoms with van der Waals surface area (Å²) in [6.07, 6.45) is 1.28. The predicted molar refractivity (Wildman–Crippen MR) is 40.5 cm³/mol. The molecule has 1 unspecified atom stereocenters. The van der Waals surface area contributed by atoms with E-state index < -0.39 is 0 Å². The Morgan fingerprint density at radius 3 is 2.70 bits per heavy atom. The van der Waals surface area contributed by atoms with E-state index in [1.54, 1.807) is 0 Å². The molecular formula is C7H15N2O. The molecule has 1 radical (unpaired) electrons. The van der Waals surface area contributed by atoms with Gasteiger partial charge in [-0.1, -0.05) is 6.92 Å². The molecule has 0 saturated carbocycles. The van der Waals surface area contributed by atoms with E-state index in [-0.39, 0.29) is 11.9 Å². The third-order valence-corrected chi connectivity index (χ3v) is 1.22. The Labute approximate surface area is 62.0 Å². The van der Waals surface area contributed by atoms with Crippen molar-refractivity contribution in [2.45, 2.75) is 32.7 Å². The maximum Gasteiger partial charge on any atom is 0.219 e. The van der Waals surface area contributed by atoms with Gasteiger partial charge in [0, 0.05) is 19.0 Å². The van der Waals surface area contributed by atoms with Crippen LogP contribution in [-0.2, 0) is 4.79 Å². The number of hydrogen-bond acceptors (Lipinski definition) is 1. The van der Waals surface area contributed by atoms with Crippen molar-refractivity contribution in [3.05, 3.63) is 0 Å². The van der Waals surface area contributed by atoms with Crippen molar-refractivity contribution in [3.63, 3.8) is 0 Å². The number of carbonyl (C=O) groups excluding carboxylic acids is 1. The molecule has 3 nitrogen and oxygen atoms in total. The van der Waals surface area contributed by atoms with Gasteiger partial charge in [0.05, 0.1) is 0 Å². The zero-order valence-electron chi connectivity index (χ0n) is 6.61. The predicted octanol–water partition coefficient (Wildman–Crippen LogP) is 0.574. The lowest BCUT2D eigenvalue weighted by atomic mass is 10.2. The normalized spacial score (nSPS) is 12.7. The fraction of sp³-hybridized carbons (Fsp3) is 0.857. The van der Waals surface area contributed by atoms with Crippen LogP contribution in [0.15, 0.2) is 0 Å². The summed E-state index contributed by atoms with van der Waals surface area (Å²) in [4.78, 5) is 10.6. The van der Waals surface area contributed by atoms with Crippen LogP contribution in [0, 0.1) is 0 Å². The third-order valence-electron chi connectivity index (χ3n) is 1.22. The van der Waals surface area contributed by atoms with Crippen LogP contribution in [0.5, 0.6) is 0 Å². The highest BCUT2D eigenvalue weighted by Crippen LogP contribution is 1.85. The molecule has 2 N–H and O–H groups in total. The quantitative estimate of drug-likeness (QED) is 0.614. The molecule has 0 aromatic carbocycles. The SMILES string of the molecule is CCC(=O)NCCC(C)[NH]. The lowest BCUT2D eigenvalue weighted by Gasteiger charge is -2.04. The highest BCUT2D eigenvalue weighted by molar-refractivity contribution is 5.75. The molecular weight excluding hydrogens is 128 g/mol. The number of hydrogen-bond donors (Lipinski definition) is 1. The Kier molecular flexibility index (Phi) is 4.94. The fourth-order valence-electron chi connectivity index (χ4n) is 0.553. The maximum absolute atomic E-state index is 10.6. The third kappa shape index (κ3) is 5.56. The first-order chi connectivity index (χ1) is 4.66. The standard InChI is InChI=1S/C7H15N2O/c1-3-7(10)9-5-4-6(2)8/h6,8H,3-5H2,1-2H3,(H,9,10). The Bertz CT molecular complexity index is 102. The fourth-order valence-corrected chi connectivity index (χ4v) is 0.553. The Hall–Kier alpha value is -0.570. The summed E-state index contributed by atoms with van der Waals surface area (Å²) in [6, 6.07) is -0.0721. The van der Waals surface area contributed by atoms with E-state index in [9.17, 15) is 4.79 Å². The molecule has 0 spiro atoms. The van der Waals surface area contributed by atoms with Gasteiger partial charge in [0.1, 0.15) is 0 Å². The zero-order chi connectivity index (χ0) is 7.98. The largest absolute Gasteiger partial charge is 0.356 e. The number of carbonyl (C=O) groups is 1. The summed E-state index contributed by atoms with van der Waals surface area (Å²) in [7, 11) is 0. The Balaban J connectivity index is 3.12. The molecule has 0 rings (SSSR count). The van der Waals surface area contributed by atoms with Gasteiger partial charge in [0.25, 0.3) is 0 Å². The molecule has 59 valence electrons.